The van der Waals surface area contributed by atoms with Gasteiger partial charge in [0.15, 0.2) is 0 Å². The fraction of sp³-hybridized carbons (Fsp3) is 0.375. The Balaban J connectivity index is 1.21. The van der Waals surface area contributed by atoms with Gasteiger partial charge in [-0.15, -0.1) is 0 Å². The second-order valence-electron chi connectivity index (χ2n) is 8.09. The predicted octanol–water partition coefficient (Wildman–Crippen LogP) is 1.27. The number of H-pyrrole nitrogens is 1. The molecule has 1 saturated heterocycles. The number of hydrogen-bond donors (Lipinski definition) is 2. The molecule has 4 rings (SSSR count). The quantitative estimate of drug-likeness (QED) is 0.492. The average Bonchev–Trinajstić information content (AvgIpc) is 2.84. The highest BCUT2D eigenvalue weighted by Crippen LogP contribution is 2.14. The lowest BCUT2D eigenvalue weighted by Gasteiger charge is -2.35. The topological polar surface area (TPSA) is 108 Å². The lowest BCUT2D eigenvalue weighted by atomic mass is 10.2. The first-order valence-electron chi connectivity index (χ1n) is 10.9. The van der Waals surface area contributed by atoms with Crippen LogP contribution in [0.3, 0.4) is 0 Å². The van der Waals surface area contributed by atoms with E-state index in [2.05, 4.69) is 24.5 Å². The summed E-state index contributed by atoms with van der Waals surface area (Å²) < 4.78 is 10.3. The maximum absolute atomic E-state index is 12.3. The number of hydrogen-bond acceptors (Lipinski definition) is 8. The maximum atomic E-state index is 12.3. The molecule has 0 amide bonds. The molecular weight excluding hydrogens is 424 g/mol. The van der Waals surface area contributed by atoms with Crippen LogP contribution in [-0.4, -0.2) is 83.4 Å². The van der Waals surface area contributed by atoms with Crippen molar-refractivity contribution in [2.75, 3.05) is 46.4 Å². The van der Waals surface area contributed by atoms with E-state index in [0.29, 0.717) is 41.1 Å². The third-order valence-corrected chi connectivity index (χ3v) is 5.69. The predicted molar refractivity (Wildman–Crippen MR) is 123 cm³/mol. The van der Waals surface area contributed by atoms with Gasteiger partial charge in [-0.2, -0.15) is 0 Å². The van der Waals surface area contributed by atoms with Crippen molar-refractivity contribution in [3.05, 3.63) is 70.3 Å². The lowest BCUT2D eigenvalue weighted by molar-refractivity contribution is 0.0441. The van der Waals surface area contributed by atoms with Crippen molar-refractivity contribution in [2.45, 2.75) is 12.6 Å². The average molecular weight is 453 g/mol. The molecule has 33 heavy (non-hydrogen) atoms. The number of aliphatic hydroxyl groups excluding tert-OH is 1. The molecule has 9 nitrogen and oxygen atoms in total. The monoisotopic (exact) mass is 452 g/mol. The van der Waals surface area contributed by atoms with E-state index in [0.717, 1.165) is 26.2 Å². The third kappa shape index (κ3) is 5.95. The number of carbonyl (C=O) groups is 1. The molecule has 2 heterocycles. The molecule has 1 fully saturated rings. The largest absolute Gasteiger partial charge is 0.491 e. The van der Waals surface area contributed by atoms with Crippen LogP contribution in [0.5, 0.6) is 5.75 Å². The summed E-state index contributed by atoms with van der Waals surface area (Å²) in [7, 11) is 1.34. The number of methoxy groups -OCH3 is 1. The second kappa shape index (κ2) is 10.6. The first-order valence-corrected chi connectivity index (χ1v) is 10.9. The number of ether oxygens (including phenoxy) is 2. The van der Waals surface area contributed by atoms with Crippen LogP contribution in [0, 0.1) is 0 Å². The molecule has 0 bridgehead atoms. The summed E-state index contributed by atoms with van der Waals surface area (Å²) in [5, 5.41) is 11.0. The molecule has 1 atom stereocenters. The van der Waals surface area contributed by atoms with Gasteiger partial charge in [-0.05, 0) is 36.4 Å². The number of nitrogens with one attached hydrogen (secondary N) is 1. The number of benzene rings is 2. The van der Waals surface area contributed by atoms with Gasteiger partial charge < -0.3 is 19.6 Å². The van der Waals surface area contributed by atoms with Crippen molar-refractivity contribution in [3.63, 3.8) is 0 Å². The van der Waals surface area contributed by atoms with Crippen molar-refractivity contribution >= 4 is 16.9 Å². The Morgan fingerprint density at radius 3 is 2.52 bits per heavy atom. The number of nitrogens with zero attached hydrogens (tertiary/aromatic N) is 3. The minimum absolute atomic E-state index is 0.114. The Morgan fingerprint density at radius 1 is 1.09 bits per heavy atom. The molecule has 1 aliphatic rings. The number of aliphatic hydroxyl groups is 1. The fourth-order valence-corrected chi connectivity index (χ4v) is 3.90. The number of fused-ring (bicyclic) bond motifs is 1. The second-order valence-corrected chi connectivity index (χ2v) is 8.09. The number of rotatable bonds is 8. The van der Waals surface area contributed by atoms with Crippen molar-refractivity contribution < 1.29 is 19.4 Å². The minimum Gasteiger partial charge on any atom is -0.491 e. The highest BCUT2D eigenvalue weighted by molar-refractivity contribution is 5.89. The summed E-state index contributed by atoms with van der Waals surface area (Å²) in [5.41, 5.74) is 1.04. The van der Waals surface area contributed by atoms with Crippen molar-refractivity contribution in [2.24, 2.45) is 0 Å². The summed E-state index contributed by atoms with van der Waals surface area (Å²) in [5.74, 6) is 0.852. The van der Waals surface area contributed by atoms with Crippen LogP contribution in [0.25, 0.3) is 10.9 Å². The molecule has 1 aromatic heterocycles. The van der Waals surface area contributed by atoms with Crippen LogP contribution < -0.4 is 10.3 Å². The molecule has 174 valence electrons. The number of esters is 1. The van der Waals surface area contributed by atoms with Gasteiger partial charge in [0.25, 0.3) is 5.56 Å². The maximum Gasteiger partial charge on any atom is 0.337 e. The van der Waals surface area contributed by atoms with Crippen molar-refractivity contribution in [1.29, 1.82) is 0 Å². The summed E-state index contributed by atoms with van der Waals surface area (Å²) in [6.07, 6.45) is -0.629. The molecule has 0 aliphatic carbocycles. The first-order chi connectivity index (χ1) is 16.0. The minimum atomic E-state index is -0.629. The molecule has 1 aliphatic heterocycles. The number of carbonyl (C=O) groups excluding carboxylic acids is 1. The summed E-state index contributed by atoms with van der Waals surface area (Å²) in [6.45, 7) is 4.52. The Kier molecular flexibility index (Phi) is 7.33. The summed E-state index contributed by atoms with van der Waals surface area (Å²) >= 11 is 0. The molecule has 0 saturated carbocycles. The number of aromatic amines is 1. The number of piperazine rings is 1. The van der Waals surface area contributed by atoms with Gasteiger partial charge >= 0.3 is 5.97 Å². The number of para-hydroxylation sites is 1. The van der Waals surface area contributed by atoms with Gasteiger partial charge in [0, 0.05) is 32.7 Å². The summed E-state index contributed by atoms with van der Waals surface area (Å²) in [4.78, 5) is 35.6. The van der Waals surface area contributed by atoms with Gasteiger partial charge in [0.05, 0.1) is 30.1 Å². The van der Waals surface area contributed by atoms with Gasteiger partial charge in [-0.25, -0.2) is 9.78 Å². The normalized spacial score (nSPS) is 15.9. The van der Waals surface area contributed by atoms with Crippen LogP contribution in [-0.2, 0) is 11.3 Å². The zero-order valence-electron chi connectivity index (χ0n) is 18.6. The molecular formula is C24H28N4O5. The molecule has 9 heteroatoms. The van der Waals surface area contributed by atoms with E-state index in [-0.39, 0.29) is 12.2 Å². The fourth-order valence-electron chi connectivity index (χ4n) is 3.90. The summed E-state index contributed by atoms with van der Waals surface area (Å²) in [6, 6.07) is 14.0. The highest BCUT2D eigenvalue weighted by atomic mass is 16.5. The van der Waals surface area contributed by atoms with E-state index in [1.807, 2.05) is 18.2 Å². The third-order valence-electron chi connectivity index (χ3n) is 5.69. The van der Waals surface area contributed by atoms with Gasteiger partial charge in [-0.3, -0.25) is 14.6 Å². The van der Waals surface area contributed by atoms with Crippen LogP contribution in [0.2, 0.25) is 0 Å². The van der Waals surface area contributed by atoms with E-state index in [4.69, 9.17) is 4.74 Å². The standard InChI is InChI=1S/C24H28N4O5/c1-32-24(31)17-6-8-19(9-7-17)33-16-18(29)14-27-10-12-28(13-11-27)15-22-25-21-5-3-2-4-20(21)23(30)26-22/h2-9,18,29H,10-16H2,1H3,(H,25,26,30). The van der Waals surface area contributed by atoms with E-state index in [1.165, 1.54) is 7.11 Å². The van der Waals surface area contributed by atoms with E-state index >= 15 is 0 Å². The first kappa shape index (κ1) is 22.9. The molecule has 0 spiro atoms. The van der Waals surface area contributed by atoms with Gasteiger partial charge in [0.1, 0.15) is 24.3 Å². The lowest BCUT2D eigenvalue weighted by Crippen LogP contribution is -2.49. The van der Waals surface area contributed by atoms with Crippen molar-refractivity contribution in [3.8, 4) is 5.75 Å². The van der Waals surface area contributed by atoms with Gasteiger partial charge in [-0.1, -0.05) is 12.1 Å². The molecule has 2 aromatic carbocycles. The Labute approximate surface area is 191 Å². The Morgan fingerprint density at radius 2 is 1.79 bits per heavy atom. The van der Waals surface area contributed by atoms with E-state index < -0.39 is 12.1 Å². The van der Waals surface area contributed by atoms with E-state index in [9.17, 15) is 14.7 Å². The molecule has 2 N–H and O–H groups in total. The zero-order valence-corrected chi connectivity index (χ0v) is 18.6. The molecule has 3 aromatic rings. The van der Waals surface area contributed by atoms with Crippen molar-refractivity contribution in [1.82, 2.24) is 19.8 Å². The van der Waals surface area contributed by atoms with Crippen LogP contribution in [0.1, 0.15) is 16.2 Å². The SMILES string of the molecule is COC(=O)c1ccc(OCC(O)CN2CCN(Cc3nc4ccccc4c(=O)[nH]3)CC2)cc1. The van der Waals surface area contributed by atoms with Crippen LogP contribution in [0.15, 0.2) is 53.3 Å². The zero-order chi connectivity index (χ0) is 23.2. The Hall–Kier alpha value is -3.27. The number of β-amino-alcohol motifs (C(OH)–C–C–N with tert-alkyl or cyclic N) is 1. The molecule has 1 unspecified atom stereocenters. The van der Waals surface area contributed by atoms with Gasteiger partial charge in [0.2, 0.25) is 0 Å². The van der Waals surface area contributed by atoms with E-state index in [1.54, 1.807) is 30.3 Å². The Bertz CT molecular complexity index is 1140. The molecule has 0 radical (unpaired) electrons. The smallest absolute Gasteiger partial charge is 0.337 e. The number of aromatic nitrogens is 2. The highest BCUT2D eigenvalue weighted by Gasteiger charge is 2.20. The van der Waals surface area contributed by atoms with Crippen LogP contribution >= 0.6 is 0 Å². The van der Waals surface area contributed by atoms with Crippen LogP contribution in [0.4, 0.5) is 0 Å².